The molecule has 0 aromatic heterocycles. The first kappa shape index (κ1) is 14.8. The van der Waals surface area contributed by atoms with Gasteiger partial charge in [0, 0.05) is 5.69 Å². The highest BCUT2D eigenvalue weighted by Crippen LogP contribution is 2.34. The van der Waals surface area contributed by atoms with Crippen LogP contribution < -0.4 is 5.73 Å². The molecule has 0 spiro atoms. The number of hydrogen-bond acceptors (Lipinski definition) is 3. The molecular weight excluding hydrogens is 267 g/mol. The first-order valence-electron chi connectivity index (χ1n) is 5.21. The number of alkyl halides is 3. The summed E-state index contributed by atoms with van der Waals surface area (Å²) in [5, 5.41) is -0.635. The highest BCUT2D eigenvalue weighted by atomic mass is 32.2. The maximum atomic E-state index is 12.6. The first-order valence-corrected chi connectivity index (χ1v) is 6.93. The van der Waals surface area contributed by atoms with E-state index in [4.69, 9.17) is 5.73 Å². The molecule has 2 N–H and O–H groups in total. The molecule has 0 unspecified atom stereocenters. The van der Waals surface area contributed by atoms with E-state index < -0.39 is 38.3 Å². The van der Waals surface area contributed by atoms with E-state index in [9.17, 15) is 21.6 Å². The number of nitrogens with two attached hydrogens (primary N) is 1. The summed E-state index contributed by atoms with van der Waals surface area (Å²) in [7, 11) is -3.43. The van der Waals surface area contributed by atoms with Crippen molar-refractivity contribution in [2.75, 3.05) is 5.73 Å². The predicted molar refractivity (Wildman–Crippen MR) is 63.6 cm³/mol. The molecule has 0 aliphatic carbocycles. The van der Waals surface area contributed by atoms with E-state index in [0.717, 1.165) is 12.1 Å². The Hall–Kier alpha value is -1.24. The van der Waals surface area contributed by atoms with Crippen LogP contribution >= 0.6 is 0 Å². The van der Waals surface area contributed by atoms with Crippen molar-refractivity contribution < 1.29 is 21.6 Å². The fraction of sp³-hybridized carbons (Fsp3) is 0.455. The molecule has 0 aliphatic rings. The van der Waals surface area contributed by atoms with Crippen molar-refractivity contribution in [3.05, 3.63) is 29.3 Å². The zero-order valence-electron chi connectivity index (χ0n) is 9.95. The fourth-order valence-corrected chi connectivity index (χ4v) is 2.32. The van der Waals surface area contributed by atoms with Crippen molar-refractivity contribution >= 4 is 15.5 Å². The standard InChI is InChI=1S/C11H14F3NO2S/c1-7(2)18(16,17)6-8-3-4-10(15)9(5-8)11(12,13)14/h3-5,7H,6,15H2,1-2H3. The molecule has 0 saturated carbocycles. The average Bonchev–Trinajstić information content (AvgIpc) is 2.18. The van der Waals surface area contributed by atoms with Crippen LogP contribution in [0, 0.1) is 0 Å². The monoisotopic (exact) mass is 281 g/mol. The highest BCUT2D eigenvalue weighted by Gasteiger charge is 2.33. The van der Waals surface area contributed by atoms with Gasteiger partial charge in [0.15, 0.2) is 9.84 Å². The third-order valence-corrected chi connectivity index (χ3v) is 4.68. The SMILES string of the molecule is CC(C)S(=O)(=O)Cc1ccc(N)c(C(F)(F)F)c1. The Morgan fingerprint density at radius 3 is 2.28 bits per heavy atom. The topological polar surface area (TPSA) is 60.2 Å². The minimum atomic E-state index is -4.58. The van der Waals surface area contributed by atoms with Gasteiger partial charge in [-0.3, -0.25) is 0 Å². The van der Waals surface area contributed by atoms with Crippen LogP contribution in [0.5, 0.6) is 0 Å². The number of hydrogen-bond donors (Lipinski definition) is 1. The van der Waals surface area contributed by atoms with E-state index >= 15 is 0 Å². The number of anilines is 1. The van der Waals surface area contributed by atoms with E-state index in [-0.39, 0.29) is 5.56 Å². The van der Waals surface area contributed by atoms with Crippen molar-refractivity contribution in [3.63, 3.8) is 0 Å². The molecule has 1 rings (SSSR count). The van der Waals surface area contributed by atoms with Gasteiger partial charge in [-0.1, -0.05) is 6.07 Å². The number of rotatable bonds is 3. The summed E-state index contributed by atoms with van der Waals surface area (Å²) in [4.78, 5) is 0. The molecule has 7 heteroatoms. The lowest BCUT2D eigenvalue weighted by Gasteiger charge is -2.13. The van der Waals surface area contributed by atoms with Gasteiger partial charge in [-0.05, 0) is 31.5 Å². The van der Waals surface area contributed by atoms with Crippen molar-refractivity contribution in [1.29, 1.82) is 0 Å². The number of nitrogen functional groups attached to an aromatic ring is 1. The van der Waals surface area contributed by atoms with E-state index in [1.54, 1.807) is 0 Å². The van der Waals surface area contributed by atoms with Crippen LogP contribution in [0.25, 0.3) is 0 Å². The van der Waals surface area contributed by atoms with Crippen molar-refractivity contribution in [1.82, 2.24) is 0 Å². The van der Waals surface area contributed by atoms with Crippen LogP contribution in [0.2, 0.25) is 0 Å². The second kappa shape index (κ2) is 4.79. The largest absolute Gasteiger partial charge is 0.418 e. The molecular formula is C11H14F3NO2S. The lowest BCUT2D eigenvalue weighted by Crippen LogP contribution is -2.17. The minimum absolute atomic E-state index is 0.0882. The molecule has 102 valence electrons. The molecule has 0 amide bonds. The summed E-state index contributed by atoms with van der Waals surface area (Å²) < 4.78 is 61.0. The molecule has 18 heavy (non-hydrogen) atoms. The number of benzene rings is 1. The quantitative estimate of drug-likeness (QED) is 0.866. The normalized spacial score (nSPS) is 13.0. The van der Waals surface area contributed by atoms with E-state index in [0.29, 0.717) is 0 Å². The van der Waals surface area contributed by atoms with Crippen LogP contribution in [-0.4, -0.2) is 13.7 Å². The van der Waals surface area contributed by atoms with Gasteiger partial charge in [-0.15, -0.1) is 0 Å². The Balaban J connectivity index is 3.15. The lowest BCUT2D eigenvalue weighted by molar-refractivity contribution is -0.136. The summed E-state index contributed by atoms with van der Waals surface area (Å²) in [6.07, 6.45) is -4.58. The van der Waals surface area contributed by atoms with Gasteiger partial charge in [0.1, 0.15) is 0 Å². The zero-order valence-corrected chi connectivity index (χ0v) is 10.8. The van der Waals surface area contributed by atoms with Crippen LogP contribution in [0.4, 0.5) is 18.9 Å². The Morgan fingerprint density at radius 1 is 1.28 bits per heavy atom. The van der Waals surface area contributed by atoms with E-state index in [2.05, 4.69) is 0 Å². The molecule has 0 bridgehead atoms. The maximum Gasteiger partial charge on any atom is 0.418 e. The van der Waals surface area contributed by atoms with Gasteiger partial charge in [-0.25, -0.2) is 8.42 Å². The molecule has 1 aromatic carbocycles. The first-order chi connectivity index (χ1) is 8.04. The third-order valence-electron chi connectivity index (χ3n) is 2.51. The number of sulfone groups is 1. The minimum Gasteiger partial charge on any atom is -0.398 e. The van der Waals surface area contributed by atoms with Crippen molar-refractivity contribution in [2.24, 2.45) is 0 Å². The Kier molecular flexibility index (Phi) is 3.95. The Morgan fingerprint density at radius 2 is 1.83 bits per heavy atom. The molecule has 0 fully saturated rings. The molecule has 0 saturated heterocycles. The maximum absolute atomic E-state index is 12.6. The van der Waals surface area contributed by atoms with Gasteiger partial charge in [0.25, 0.3) is 0 Å². The Bertz CT molecular complexity index is 536. The van der Waals surface area contributed by atoms with Crippen molar-refractivity contribution in [2.45, 2.75) is 31.0 Å². The van der Waals surface area contributed by atoms with E-state index in [1.165, 1.54) is 19.9 Å². The summed E-state index contributed by atoms with van der Waals surface area (Å²) >= 11 is 0. The molecule has 0 atom stereocenters. The molecule has 3 nitrogen and oxygen atoms in total. The van der Waals surface area contributed by atoms with Gasteiger partial charge in [0.2, 0.25) is 0 Å². The van der Waals surface area contributed by atoms with Crippen molar-refractivity contribution in [3.8, 4) is 0 Å². The molecule has 0 radical (unpaired) electrons. The third kappa shape index (κ3) is 3.38. The summed E-state index contributed by atoms with van der Waals surface area (Å²) in [6.45, 7) is 2.97. The second-order valence-corrected chi connectivity index (χ2v) is 6.83. The van der Waals surface area contributed by atoms with Gasteiger partial charge >= 0.3 is 6.18 Å². The molecule has 0 heterocycles. The fourth-order valence-electron chi connectivity index (χ4n) is 1.34. The summed E-state index contributed by atoms with van der Waals surface area (Å²) in [6, 6.07) is 3.16. The zero-order chi connectivity index (χ0) is 14.1. The highest BCUT2D eigenvalue weighted by molar-refractivity contribution is 7.91. The smallest absolute Gasteiger partial charge is 0.398 e. The molecule has 1 aromatic rings. The van der Waals surface area contributed by atoms with Crippen LogP contribution in [0.3, 0.4) is 0 Å². The van der Waals surface area contributed by atoms with Crippen LogP contribution in [-0.2, 0) is 21.8 Å². The number of halogens is 3. The summed E-state index contributed by atoms with van der Waals surface area (Å²) in [5.74, 6) is -0.423. The average molecular weight is 281 g/mol. The molecule has 0 aliphatic heterocycles. The lowest BCUT2D eigenvalue weighted by atomic mass is 10.1. The summed E-state index contributed by atoms with van der Waals surface area (Å²) in [5.41, 5.74) is 3.91. The van der Waals surface area contributed by atoms with Gasteiger partial charge < -0.3 is 5.73 Å². The predicted octanol–water partition coefficient (Wildman–Crippen LogP) is 2.61. The van der Waals surface area contributed by atoms with Crippen LogP contribution in [0.15, 0.2) is 18.2 Å². The van der Waals surface area contributed by atoms with Crippen LogP contribution in [0.1, 0.15) is 25.0 Å². The van der Waals surface area contributed by atoms with Gasteiger partial charge in [0.05, 0.1) is 16.6 Å². The Labute approximate surface area is 104 Å². The van der Waals surface area contributed by atoms with E-state index in [1.807, 2.05) is 0 Å². The van der Waals surface area contributed by atoms with Gasteiger partial charge in [-0.2, -0.15) is 13.2 Å². The second-order valence-electron chi connectivity index (χ2n) is 4.28.